The second-order valence-electron chi connectivity index (χ2n) is 3.99. The molecule has 0 aliphatic rings. The predicted octanol–water partition coefficient (Wildman–Crippen LogP) is 4.77. The quantitative estimate of drug-likeness (QED) is 0.764. The molecule has 1 aromatic heterocycles. The van der Waals surface area contributed by atoms with Crippen LogP contribution in [-0.4, -0.2) is 10.9 Å². The van der Waals surface area contributed by atoms with Gasteiger partial charge in [-0.3, -0.25) is 4.79 Å². The molecule has 1 amide bonds. The second-order valence-corrected chi connectivity index (χ2v) is 5.26. The van der Waals surface area contributed by atoms with Crippen LogP contribution < -0.4 is 5.32 Å². The number of carbonyl (C=O) groups excluding carboxylic acids is 1. The lowest BCUT2D eigenvalue weighted by Crippen LogP contribution is -2.18. The van der Waals surface area contributed by atoms with Gasteiger partial charge in [0.2, 0.25) is 0 Å². The number of nitrogens with zero attached hydrogens (tertiary/aromatic N) is 1. The molecule has 3 nitrogen and oxygen atoms in total. The molecule has 110 valence electrons. The smallest absolute Gasteiger partial charge is 0.319 e. The van der Waals surface area contributed by atoms with Crippen LogP contribution in [0.25, 0.3) is 0 Å². The van der Waals surface area contributed by atoms with Crippen LogP contribution in [-0.2, 0) is 6.18 Å². The minimum absolute atomic E-state index is 0.0176. The van der Waals surface area contributed by atoms with Crippen LogP contribution in [0.15, 0.2) is 41.0 Å². The Hall–Kier alpha value is -1.60. The Morgan fingerprint density at radius 1 is 1.29 bits per heavy atom. The van der Waals surface area contributed by atoms with E-state index in [0.717, 1.165) is 12.1 Å². The lowest BCUT2D eigenvalue weighted by Gasteiger charge is -2.13. The summed E-state index contributed by atoms with van der Waals surface area (Å²) < 4.78 is 39.1. The van der Waals surface area contributed by atoms with E-state index in [0.29, 0.717) is 4.47 Å². The monoisotopic (exact) mass is 378 g/mol. The zero-order valence-corrected chi connectivity index (χ0v) is 12.6. The van der Waals surface area contributed by atoms with Crippen LogP contribution >= 0.6 is 27.5 Å². The van der Waals surface area contributed by atoms with Crippen molar-refractivity contribution in [3.63, 3.8) is 0 Å². The van der Waals surface area contributed by atoms with Crippen LogP contribution in [0.4, 0.5) is 18.9 Å². The van der Waals surface area contributed by atoms with Crippen molar-refractivity contribution in [1.82, 2.24) is 4.98 Å². The number of hydrogen-bond acceptors (Lipinski definition) is 2. The van der Waals surface area contributed by atoms with Gasteiger partial charge in [0.1, 0.15) is 0 Å². The summed E-state index contributed by atoms with van der Waals surface area (Å²) in [6.07, 6.45) is -3.21. The summed E-state index contributed by atoms with van der Waals surface area (Å²) in [7, 11) is 0. The third kappa shape index (κ3) is 3.74. The first-order chi connectivity index (χ1) is 9.79. The molecule has 1 N–H and O–H groups in total. The molecule has 0 aliphatic heterocycles. The van der Waals surface area contributed by atoms with Gasteiger partial charge in [-0.15, -0.1) is 0 Å². The van der Waals surface area contributed by atoms with Crippen LogP contribution in [0.3, 0.4) is 0 Å². The number of halogens is 5. The molecule has 1 aromatic carbocycles. The summed E-state index contributed by atoms with van der Waals surface area (Å²) in [5.74, 6) is -0.912. The molecular formula is C13H7BrClF3N2O. The largest absolute Gasteiger partial charge is 0.417 e. The first-order valence-electron chi connectivity index (χ1n) is 5.57. The summed E-state index contributed by atoms with van der Waals surface area (Å²) in [5.41, 5.74) is -1.38. The van der Waals surface area contributed by atoms with Crippen LogP contribution in [0.1, 0.15) is 15.9 Å². The average molecular weight is 380 g/mol. The fourth-order valence-corrected chi connectivity index (χ4v) is 2.11. The molecule has 2 rings (SSSR count). The number of pyridine rings is 1. The SMILES string of the molecule is O=C(Nc1cc(Br)cnc1Cl)c1ccccc1C(F)(F)F. The van der Waals surface area contributed by atoms with Gasteiger partial charge in [-0.05, 0) is 34.1 Å². The van der Waals surface area contributed by atoms with Crippen LogP contribution in [0.5, 0.6) is 0 Å². The van der Waals surface area contributed by atoms with Crippen molar-refractivity contribution in [2.24, 2.45) is 0 Å². The molecule has 2 aromatic rings. The summed E-state index contributed by atoms with van der Waals surface area (Å²) in [5, 5.41) is 2.30. The van der Waals surface area contributed by atoms with Gasteiger partial charge in [0, 0.05) is 10.7 Å². The number of carbonyl (C=O) groups is 1. The maximum absolute atomic E-state index is 12.9. The van der Waals surface area contributed by atoms with E-state index >= 15 is 0 Å². The van der Waals surface area contributed by atoms with Crippen molar-refractivity contribution < 1.29 is 18.0 Å². The lowest BCUT2D eigenvalue weighted by atomic mass is 10.1. The van der Waals surface area contributed by atoms with Gasteiger partial charge in [-0.25, -0.2) is 4.98 Å². The zero-order valence-electron chi connectivity index (χ0n) is 10.2. The Labute approximate surface area is 131 Å². The number of aromatic nitrogens is 1. The van der Waals surface area contributed by atoms with E-state index in [1.54, 1.807) is 0 Å². The van der Waals surface area contributed by atoms with Crippen LogP contribution in [0.2, 0.25) is 5.15 Å². The Balaban J connectivity index is 2.36. The fraction of sp³-hybridized carbons (Fsp3) is 0.0769. The number of anilines is 1. The molecule has 0 saturated heterocycles. The van der Waals surface area contributed by atoms with Gasteiger partial charge in [0.25, 0.3) is 5.91 Å². The highest BCUT2D eigenvalue weighted by Gasteiger charge is 2.34. The number of benzene rings is 1. The number of rotatable bonds is 2. The van der Waals surface area contributed by atoms with Gasteiger partial charge >= 0.3 is 6.18 Å². The second kappa shape index (κ2) is 6.03. The number of nitrogens with one attached hydrogen (secondary N) is 1. The predicted molar refractivity (Wildman–Crippen MR) is 76.3 cm³/mol. The van der Waals surface area contributed by atoms with E-state index in [4.69, 9.17) is 11.6 Å². The Bertz CT molecular complexity index is 691. The van der Waals surface area contributed by atoms with Crippen molar-refractivity contribution in [3.05, 3.63) is 57.3 Å². The molecule has 0 unspecified atom stereocenters. The van der Waals surface area contributed by atoms with Crippen molar-refractivity contribution in [2.75, 3.05) is 5.32 Å². The summed E-state index contributed by atoms with van der Waals surface area (Å²) in [6.45, 7) is 0. The average Bonchev–Trinajstić information content (AvgIpc) is 2.42. The molecule has 1 heterocycles. The minimum Gasteiger partial charge on any atom is -0.319 e. The highest BCUT2D eigenvalue weighted by molar-refractivity contribution is 9.10. The number of hydrogen-bond donors (Lipinski definition) is 1. The Morgan fingerprint density at radius 2 is 1.95 bits per heavy atom. The van der Waals surface area contributed by atoms with Gasteiger partial charge in [-0.1, -0.05) is 23.7 Å². The van der Waals surface area contributed by atoms with Crippen molar-refractivity contribution in [3.8, 4) is 0 Å². The van der Waals surface area contributed by atoms with E-state index in [-0.39, 0.29) is 10.8 Å². The Kier molecular flexibility index (Phi) is 4.53. The lowest BCUT2D eigenvalue weighted by molar-refractivity contribution is -0.137. The van der Waals surface area contributed by atoms with Gasteiger partial charge < -0.3 is 5.32 Å². The molecule has 0 aliphatic carbocycles. The van der Waals surface area contributed by atoms with E-state index in [1.807, 2.05) is 0 Å². The third-order valence-corrected chi connectivity index (χ3v) is 3.27. The Morgan fingerprint density at radius 3 is 2.62 bits per heavy atom. The fourth-order valence-electron chi connectivity index (χ4n) is 1.63. The van der Waals surface area contributed by atoms with E-state index in [1.165, 1.54) is 24.4 Å². The molecule has 0 atom stereocenters. The number of amides is 1. The maximum Gasteiger partial charge on any atom is 0.417 e. The molecule has 8 heteroatoms. The number of alkyl halides is 3. The van der Waals surface area contributed by atoms with E-state index in [2.05, 4.69) is 26.2 Å². The molecule has 0 radical (unpaired) electrons. The summed E-state index contributed by atoms with van der Waals surface area (Å²) >= 11 is 8.92. The topological polar surface area (TPSA) is 42.0 Å². The van der Waals surface area contributed by atoms with Crippen molar-refractivity contribution in [2.45, 2.75) is 6.18 Å². The minimum atomic E-state index is -4.62. The molecule has 0 saturated carbocycles. The maximum atomic E-state index is 12.9. The highest BCUT2D eigenvalue weighted by Crippen LogP contribution is 2.32. The molecular weight excluding hydrogens is 373 g/mol. The third-order valence-electron chi connectivity index (χ3n) is 2.53. The first kappa shape index (κ1) is 15.8. The first-order valence-corrected chi connectivity index (χ1v) is 6.75. The normalized spacial score (nSPS) is 11.3. The van der Waals surface area contributed by atoms with Gasteiger partial charge in [-0.2, -0.15) is 13.2 Å². The summed E-state index contributed by atoms with van der Waals surface area (Å²) in [6, 6.07) is 5.95. The molecule has 0 bridgehead atoms. The zero-order chi connectivity index (χ0) is 15.6. The van der Waals surface area contributed by atoms with E-state index in [9.17, 15) is 18.0 Å². The molecule has 0 fully saturated rings. The van der Waals surface area contributed by atoms with Gasteiger partial charge in [0.15, 0.2) is 5.15 Å². The molecule has 21 heavy (non-hydrogen) atoms. The van der Waals surface area contributed by atoms with Crippen molar-refractivity contribution >= 4 is 39.1 Å². The standard InChI is InChI=1S/C13H7BrClF3N2O/c14-7-5-10(11(15)19-6-7)20-12(21)8-3-1-2-4-9(8)13(16,17)18/h1-6H,(H,20,21). The highest BCUT2D eigenvalue weighted by atomic mass is 79.9. The van der Waals surface area contributed by atoms with Crippen molar-refractivity contribution in [1.29, 1.82) is 0 Å². The van der Waals surface area contributed by atoms with E-state index < -0.39 is 23.2 Å². The van der Waals surface area contributed by atoms with Crippen LogP contribution in [0, 0.1) is 0 Å². The van der Waals surface area contributed by atoms with Gasteiger partial charge in [0.05, 0.1) is 16.8 Å². The molecule has 0 spiro atoms. The summed E-state index contributed by atoms with van der Waals surface area (Å²) in [4.78, 5) is 15.8.